The molecule has 1 heterocycles. The van der Waals surface area contributed by atoms with Crippen LogP contribution in [0.4, 0.5) is 11.6 Å². The maximum atomic E-state index is 11.2. The zero-order valence-electron chi connectivity index (χ0n) is 13.0. The summed E-state index contributed by atoms with van der Waals surface area (Å²) in [7, 11) is 1.92. The highest BCUT2D eigenvalue weighted by molar-refractivity contribution is 9.10. The van der Waals surface area contributed by atoms with E-state index >= 15 is 0 Å². The highest BCUT2D eigenvalue weighted by Gasteiger charge is 2.09. The van der Waals surface area contributed by atoms with E-state index in [-0.39, 0.29) is 0 Å². The Morgan fingerprint density at radius 3 is 2.33 bits per heavy atom. The lowest BCUT2D eigenvalue weighted by Gasteiger charge is -2.17. The van der Waals surface area contributed by atoms with Gasteiger partial charge < -0.3 is 10.6 Å². The molecule has 0 atom stereocenters. The Morgan fingerprint density at radius 2 is 1.71 bits per heavy atom. The molecule has 120 valence electrons. The van der Waals surface area contributed by atoms with Crippen LogP contribution in [0.1, 0.15) is 10.4 Å². The first kappa shape index (κ1) is 16.1. The second-order valence-electron chi connectivity index (χ2n) is 5.22. The quantitative estimate of drug-likeness (QED) is 0.745. The van der Waals surface area contributed by atoms with Crippen LogP contribution in [-0.2, 0) is 0 Å². The Balaban J connectivity index is 1.91. The number of nitrogens with two attached hydrogens (primary N) is 1. The van der Waals surface area contributed by atoms with Gasteiger partial charge in [0.15, 0.2) is 0 Å². The van der Waals surface area contributed by atoms with Gasteiger partial charge in [0.25, 0.3) is 0 Å². The van der Waals surface area contributed by atoms with Crippen molar-refractivity contribution >= 4 is 33.5 Å². The summed E-state index contributed by atoms with van der Waals surface area (Å²) in [6.07, 6.45) is 1.72. The highest BCUT2D eigenvalue weighted by Crippen LogP contribution is 2.24. The lowest BCUT2D eigenvalue weighted by Crippen LogP contribution is -2.13. The van der Waals surface area contributed by atoms with Crippen molar-refractivity contribution in [2.45, 2.75) is 0 Å². The van der Waals surface area contributed by atoms with Crippen molar-refractivity contribution in [1.29, 1.82) is 0 Å². The van der Waals surface area contributed by atoms with Crippen LogP contribution >= 0.6 is 15.9 Å². The minimum Gasteiger partial charge on any atom is -0.366 e. The minimum absolute atomic E-state index is 0.445. The predicted molar refractivity (Wildman–Crippen MR) is 98.2 cm³/mol. The van der Waals surface area contributed by atoms with Crippen molar-refractivity contribution < 1.29 is 4.79 Å². The Kier molecular flexibility index (Phi) is 4.57. The molecule has 0 saturated heterocycles. The van der Waals surface area contributed by atoms with Gasteiger partial charge in [-0.15, -0.1) is 0 Å². The van der Waals surface area contributed by atoms with Crippen molar-refractivity contribution in [2.24, 2.45) is 5.73 Å². The molecule has 0 aliphatic heterocycles. The van der Waals surface area contributed by atoms with Crippen LogP contribution in [0.3, 0.4) is 0 Å². The summed E-state index contributed by atoms with van der Waals surface area (Å²) in [5.41, 5.74) is 8.40. The van der Waals surface area contributed by atoms with E-state index in [2.05, 4.69) is 25.9 Å². The molecule has 0 aliphatic rings. The van der Waals surface area contributed by atoms with Gasteiger partial charge >= 0.3 is 0 Å². The number of nitrogens with zero attached hydrogens (tertiary/aromatic N) is 3. The maximum Gasteiger partial charge on any atom is 0.248 e. The summed E-state index contributed by atoms with van der Waals surface area (Å²) in [4.78, 5) is 22.0. The number of carbonyl (C=O) groups excluding carboxylic acids is 1. The SMILES string of the molecule is CN(c1ccc(Br)cc1)c1nccc(-c2ccc(C(N)=O)cc2)n1. The number of anilines is 2. The first-order valence-electron chi connectivity index (χ1n) is 7.27. The summed E-state index contributed by atoms with van der Waals surface area (Å²) in [5.74, 6) is 0.147. The van der Waals surface area contributed by atoms with Gasteiger partial charge in [-0.25, -0.2) is 9.97 Å². The molecule has 5 nitrogen and oxygen atoms in total. The monoisotopic (exact) mass is 382 g/mol. The zero-order valence-corrected chi connectivity index (χ0v) is 14.6. The predicted octanol–water partition coefficient (Wildman–Crippen LogP) is 3.77. The maximum absolute atomic E-state index is 11.2. The summed E-state index contributed by atoms with van der Waals surface area (Å²) in [5, 5.41) is 0. The smallest absolute Gasteiger partial charge is 0.248 e. The van der Waals surface area contributed by atoms with Crippen LogP contribution in [0.5, 0.6) is 0 Å². The van der Waals surface area contributed by atoms with E-state index < -0.39 is 5.91 Å². The topological polar surface area (TPSA) is 72.1 Å². The van der Waals surface area contributed by atoms with Gasteiger partial charge in [-0.05, 0) is 42.5 Å². The zero-order chi connectivity index (χ0) is 17.1. The number of benzene rings is 2. The fraction of sp³-hybridized carbons (Fsp3) is 0.0556. The van der Waals surface area contributed by atoms with Crippen LogP contribution in [0.25, 0.3) is 11.3 Å². The third-order valence-corrected chi connectivity index (χ3v) is 4.15. The molecule has 2 aromatic carbocycles. The van der Waals surface area contributed by atoms with Crippen molar-refractivity contribution in [3.8, 4) is 11.3 Å². The molecule has 0 radical (unpaired) electrons. The van der Waals surface area contributed by atoms with E-state index in [4.69, 9.17) is 5.73 Å². The lowest BCUT2D eigenvalue weighted by molar-refractivity contribution is 0.100. The first-order valence-corrected chi connectivity index (χ1v) is 8.06. The second-order valence-corrected chi connectivity index (χ2v) is 6.13. The molecule has 0 fully saturated rings. The van der Waals surface area contributed by atoms with Gasteiger partial charge in [-0.3, -0.25) is 4.79 Å². The molecule has 0 unspecified atom stereocenters. The average molecular weight is 383 g/mol. The van der Waals surface area contributed by atoms with Gasteiger partial charge in [-0.2, -0.15) is 0 Å². The summed E-state index contributed by atoms with van der Waals surface area (Å²) < 4.78 is 1.02. The molecule has 1 aromatic heterocycles. The van der Waals surface area contributed by atoms with Gasteiger partial charge in [0.1, 0.15) is 0 Å². The van der Waals surface area contributed by atoms with Crippen LogP contribution in [0.15, 0.2) is 65.3 Å². The third-order valence-electron chi connectivity index (χ3n) is 3.62. The van der Waals surface area contributed by atoms with Gasteiger partial charge in [0.05, 0.1) is 5.69 Å². The third kappa shape index (κ3) is 3.44. The summed E-state index contributed by atoms with van der Waals surface area (Å²) in [6.45, 7) is 0. The number of halogens is 1. The number of hydrogen-bond acceptors (Lipinski definition) is 4. The van der Waals surface area contributed by atoms with Crippen LogP contribution in [0.2, 0.25) is 0 Å². The van der Waals surface area contributed by atoms with Crippen molar-refractivity contribution in [2.75, 3.05) is 11.9 Å². The Morgan fingerprint density at radius 1 is 1.04 bits per heavy atom. The van der Waals surface area contributed by atoms with Gasteiger partial charge in [0, 0.05) is 34.5 Å². The van der Waals surface area contributed by atoms with Crippen molar-refractivity contribution in [3.05, 3.63) is 70.8 Å². The van der Waals surface area contributed by atoms with E-state index in [9.17, 15) is 4.79 Å². The second kappa shape index (κ2) is 6.80. The Hall–Kier alpha value is -2.73. The van der Waals surface area contributed by atoms with Crippen molar-refractivity contribution in [3.63, 3.8) is 0 Å². The number of hydrogen-bond donors (Lipinski definition) is 1. The minimum atomic E-state index is -0.445. The molecular formula is C18H15BrN4O. The fourth-order valence-electron chi connectivity index (χ4n) is 2.26. The van der Waals surface area contributed by atoms with Gasteiger partial charge in [0.2, 0.25) is 11.9 Å². The van der Waals surface area contributed by atoms with Gasteiger partial charge in [-0.1, -0.05) is 28.1 Å². The molecule has 0 spiro atoms. The normalized spacial score (nSPS) is 10.4. The molecule has 6 heteroatoms. The molecule has 1 amide bonds. The first-order chi connectivity index (χ1) is 11.5. The highest BCUT2D eigenvalue weighted by atomic mass is 79.9. The van der Waals surface area contributed by atoms with Crippen LogP contribution < -0.4 is 10.6 Å². The molecule has 3 rings (SSSR count). The summed E-state index contributed by atoms with van der Waals surface area (Å²) in [6, 6.07) is 16.8. The van der Waals surface area contributed by atoms with Crippen LogP contribution in [-0.4, -0.2) is 22.9 Å². The number of aromatic nitrogens is 2. The van der Waals surface area contributed by atoms with Crippen molar-refractivity contribution in [1.82, 2.24) is 9.97 Å². The number of rotatable bonds is 4. The Bertz CT molecular complexity index is 863. The molecule has 24 heavy (non-hydrogen) atoms. The number of carbonyl (C=O) groups is 1. The van der Waals surface area contributed by atoms with E-state index in [0.29, 0.717) is 11.5 Å². The Labute approximate surface area is 148 Å². The number of primary amides is 1. The standard InChI is InChI=1S/C18H15BrN4O/c1-23(15-8-6-14(19)7-9-15)18-21-11-10-16(22-18)12-2-4-13(5-3-12)17(20)24/h2-11H,1H3,(H2,20,24). The molecule has 0 saturated carbocycles. The van der Waals surface area contributed by atoms with Crippen LogP contribution in [0, 0.1) is 0 Å². The van der Waals surface area contributed by atoms with E-state index in [0.717, 1.165) is 21.4 Å². The van der Waals surface area contributed by atoms with E-state index in [1.54, 1.807) is 18.3 Å². The molecule has 0 aliphatic carbocycles. The largest absolute Gasteiger partial charge is 0.366 e. The summed E-state index contributed by atoms with van der Waals surface area (Å²) >= 11 is 3.43. The molecule has 0 bridgehead atoms. The van der Waals surface area contributed by atoms with E-state index in [1.807, 2.05) is 54.4 Å². The fourth-order valence-corrected chi connectivity index (χ4v) is 2.52. The average Bonchev–Trinajstić information content (AvgIpc) is 2.62. The number of amides is 1. The van der Waals surface area contributed by atoms with E-state index in [1.165, 1.54) is 0 Å². The molecule has 3 aromatic rings. The lowest BCUT2D eigenvalue weighted by atomic mass is 10.1. The molecule has 2 N–H and O–H groups in total. The molecular weight excluding hydrogens is 368 g/mol.